The highest BCUT2D eigenvalue weighted by molar-refractivity contribution is 6.05. The first-order valence-corrected chi connectivity index (χ1v) is 10.3. The zero-order valence-electron chi connectivity index (χ0n) is 17.1. The van der Waals surface area contributed by atoms with Gasteiger partial charge in [0.1, 0.15) is 13.2 Å². The summed E-state index contributed by atoms with van der Waals surface area (Å²) in [6.07, 6.45) is 3.62. The minimum atomic E-state index is -0.320. The number of nitrogens with zero attached hydrogens (tertiary/aromatic N) is 2. The van der Waals surface area contributed by atoms with Crippen LogP contribution in [0.5, 0.6) is 0 Å². The van der Waals surface area contributed by atoms with E-state index in [0.29, 0.717) is 18.2 Å². The highest BCUT2D eigenvalue weighted by Crippen LogP contribution is 2.26. The Morgan fingerprint density at radius 1 is 1.07 bits per heavy atom. The van der Waals surface area contributed by atoms with Crippen LogP contribution >= 0.6 is 0 Å². The Balaban J connectivity index is 1.56. The maximum absolute atomic E-state index is 12.9. The zero-order valence-corrected chi connectivity index (χ0v) is 17.1. The van der Waals surface area contributed by atoms with E-state index in [1.807, 2.05) is 61.5 Å². The molecule has 152 valence electrons. The van der Waals surface area contributed by atoms with Crippen LogP contribution in [0.25, 0.3) is 10.9 Å². The van der Waals surface area contributed by atoms with E-state index < -0.39 is 0 Å². The van der Waals surface area contributed by atoms with E-state index >= 15 is 0 Å². The fourth-order valence-electron chi connectivity index (χ4n) is 4.07. The first-order valence-electron chi connectivity index (χ1n) is 10.3. The first-order chi connectivity index (χ1) is 14.1. The van der Waals surface area contributed by atoms with Crippen molar-refractivity contribution in [2.45, 2.75) is 38.8 Å². The molecule has 0 saturated carbocycles. The van der Waals surface area contributed by atoms with E-state index in [2.05, 4.69) is 11.9 Å². The third kappa shape index (κ3) is 4.15. The van der Waals surface area contributed by atoms with E-state index in [1.165, 1.54) is 12.8 Å². The maximum Gasteiger partial charge on any atom is 0.341 e. The molecule has 1 fully saturated rings. The largest absolute Gasteiger partial charge is 0.457 e. The lowest BCUT2D eigenvalue weighted by Gasteiger charge is -2.32. The molecule has 0 spiro atoms. The van der Waals surface area contributed by atoms with Crippen molar-refractivity contribution < 1.29 is 14.4 Å². The van der Waals surface area contributed by atoms with Gasteiger partial charge in [-0.15, -0.1) is 0 Å². The summed E-state index contributed by atoms with van der Waals surface area (Å²) in [6, 6.07) is 18.0. The van der Waals surface area contributed by atoms with Gasteiger partial charge in [-0.2, -0.15) is 4.73 Å². The summed E-state index contributed by atoms with van der Waals surface area (Å²) in [6.45, 7) is 3.89. The number of fused-ring (bicyclic) bond motifs is 1. The van der Waals surface area contributed by atoms with E-state index in [1.54, 1.807) is 4.73 Å². The molecule has 1 atom stereocenters. The minimum absolute atomic E-state index is 0.256. The molecule has 0 N–H and O–H groups in total. The zero-order chi connectivity index (χ0) is 20.2. The van der Waals surface area contributed by atoms with E-state index in [9.17, 15) is 4.79 Å². The summed E-state index contributed by atoms with van der Waals surface area (Å²) < 4.78 is 7.41. The third-order valence-electron chi connectivity index (χ3n) is 5.79. The molecule has 1 saturated heterocycles. The van der Waals surface area contributed by atoms with Gasteiger partial charge in [0.15, 0.2) is 0 Å². The van der Waals surface area contributed by atoms with Crippen molar-refractivity contribution in [1.29, 1.82) is 0 Å². The van der Waals surface area contributed by atoms with Gasteiger partial charge in [0.05, 0.1) is 16.8 Å². The van der Waals surface area contributed by atoms with Gasteiger partial charge in [-0.05, 0) is 45.0 Å². The van der Waals surface area contributed by atoms with Crippen LogP contribution < -0.4 is 4.84 Å². The number of aromatic nitrogens is 1. The van der Waals surface area contributed by atoms with Gasteiger partial charge < -0.3 is 9.57 Å². The Kier molecular flexibility index (Phi) is 5.86. The number of hydrogen-bond donors (Lipinski definition) is 0. The summed E-state index contributed by atoms with van der Waals surface area (Å²) in [7, 11) is 2.15. The van der Waals surface area contributed by atoms with Crippen LogP contribution in [-0.2, 0) is 11.3 Å². The molecular weight excluding hydrogens is 364 g/mol. The van der Waals surface area contributed by atoms with Gasteiger partial charge in [-0.25, -0.2) is 4.79 Å². The average Bonchev–Trinajstić information content (AvgIpc) is 3.03. The Morgan fingerprint density at radius 2 is 1.83 bits per heavy atom. The lowest BCUT2D eigenvalue weighted by molar-refractivity contribution is 0.0414. The molecular formula is C24H28N2O3. The Bertz CT molecular complexity index is 980. The monoisotopic (exact) mass is 392 g/mol. The van der Waals surface area contributed by atoms with Crippen molar-refractivity contribution in [3.63, 3.8) is 0 Å². The predicted molar refractivity (Wildman–Crippen MR) is 114 cm³/mol. The highest BCUT2D eigenvalue weighted by Gasteiger charge is 2.24. The van der Waals surface area contributed by atoms with Crippen LogP contribution in [0.15, 0.2) is 54.6 Å². The molecule has 5 heteroatoms. The number of para-hydroxylation sites is 1. The van der Waals surface area contributed by atoms with Gasteiger partial charge in [0, 0.05) is 11.4 Å². The number of ether oxygens (including phenoxy) is 1. The normalized spacial score (nSPS) is 17.4. The summed E-state index contributed by atoms with van der Waals surface area (Å²) in [4.78, 5) is 21.5. The quantitative estimate of drug-likeness (QED) is 0.589. The molecule has 3 aromatic rings. The van der Waals surface area contributed by atoms with Crippen molar-refractivity contribution in [1.82, 2.24) is 9.63 Å². The van der Waals surface area contributed by atoms with E-state index in [4.69, 9.17) is 9.57 Å². The van der Waals surface area contributed by atoms with E-state index in [-0.39, 0.29) is 12.6 Å². The average molecular weight is 392 g/mol. The Hall–Kier alpha value is -2.79. The summed E-state index contributed by atoms with van der Waals surface area (Å²) >= 11 is 0. The Morgan fingerprint density at radius 3 is 2.62 bits per heavy atom. The fourth-order valence-corrected chi connectivity index (χ4v) is 4.07. The van der Waals surface area contributed by atoms with Crippen molar-refractivity contribution in [3.8, 4) is 0 Å². The number of benzene rings is 2. The molecule has 1 aliphatic rings. The third-order valence-corrected chi connectivity index (χ3v) is 5.79. The van der Waals surface area contributed by atoms with Crippen LogP contribution in [0.3, 0.4) is 0 Å². The molecule has 1 aromatic heterocycles. The standard InChI is InChI=1S/C24H28N2O3/c1-18-23(24(27)28-16-19-10-4-3-5-11-19)21-13-6-7-14-22(21)26(18)29-17-20-12-8-9-15-25(20)2/h3-7,10-11,13-14,20H,8-9,12,15-17H2,1-2H3/t20-/m0/s1. The van der Waals surface area contributed by atoms with Gasteiger partial charge in [0.2, 0.25) is 0 Å². The molecule has 2 aromatic carbocycles. The number of likely N-dealkylation sites (N-methyl/N-ethyl adjacent to an activating group) is 1. The number of piperidine rings is 1. The maximum atomic E-state index is 12.9. The van der Waals surface area contributed by atoms with Crippen LogP contribution in [0.4, 0.5) is 0 Å². The minimum Gasteiger partial charge on any atom is -0.457 e. The van der Waals surface area contributed by atoms with Crippen molar-refractivity contribution in [2.75, 3.05) is 20.2 Å². The number of carbonyl (C=O) groups excluding carboxylic acids is 1. The highest BCUT2D eigenvalue weighted by atomic mass is 16.7. The molecule has 0 amide bonds. The molecule has 4 rings (SSSR count). The topological polar surface area (TPSA) is 43.7 Å². The molecule has 5 nitrogen and oxygen atoms in total. The summed E-state index contributed by atoms with van der Waals surface area (Å²) in [5, 5.41) is 0.861. The van der Waals surface area contributed by atoms with Crippen LogP contribution in [0.1, 0.15) is 40.9 Å². The Labute approximate surface area is 171 Å². The second-order valence-electron chi connectivity index (χ2n) is 7.76. The molecule has 29 heavy (non-hydrogen) atoms. The lowest BCUT2D eigenvalue weighted by Crippen LogP contribution is -2.41. The molecule has 0 bridgehead atoms. The van der Waals surface area contributed by atoms with Crippen LogP contribution in [0, 0.1) is 6.92 Å². The predicted octanol–water partition coefficient (Wildman–Crippen LogP) is 4.22. The van der Waals surface area contributed by atoms with Gasteiger partial charge in [-0.3, -0.25) is 4.90 Å². The summed E-state index contributed by atoms with van der Waals surface area (Å²) in [5.41, 5.74) is 3.23. The molecule has 2 heterocycles. The second-order valence-corrected chi connectivity index (χ2v) is 7.76. The van der Waals surface area contributed by atoms with Crippen LogP contribution in [-0.4, -0.2) is 41.8 Å². The number of hydrogen-bond acceptors (Lipinski definition) is 4. The number of rotatable bonds is 6. The van der Waals surface area contributed by atoms with Gasteiger partial charge >= 0.3 is 5.97 Å². The summed E-state index contributed by atoms with van der Waals surface area (Å²) in [5.74, 6) is -0.320. The van der Waals surface area contributed by atoms with Crippen molar-refractivity contribution in [3.05, 3.63) is 71.4 Å². The van der Waals surface area contributed by atoms with Gasteiger partial charge in [-0.1, -0.05) is 55.0 Å². The lowest BCUT2D eigenvalue weighted by atomic mass is 10.0. The van der Waals surface area contributed by atoms with Crippen molar-refractivity contribution in [2.24, 2.45) is 0 Å². The second kappa shape index (κ2) is 8.70. The SMILES string of the molecule is Cc1c(C(=O)OCc2ccccc2)c2ccccc2n1OC[C@@H]1CCCCN1C. The molecule has 0 aliphatic carbocycles. The fraction of sp³-hybridized carbons (Fsp3) is 0.375. The van der Waals surface area contributed by atoms with Crippen LogP contribution in [0.2, 0.25) is 0 Å². The van der Waals surface area contributed by atoms with E-state index in [0.717, 1.165) is 35.1 Å². The number of carbonyl (C=O) groups is 1. The molecule has 0 unspecified atom stereocenters. The molecule has 0 radical (unpaired) electrons. The smallest absolute Gasteiger partial charge is 0.341 e. The van der Waals surface area contributed by atoms with Gasteiger partial charge in [0.25, 0.3) is 0 Å². The first kappa shape index (κ1) is 19.5. The number of likely N-dealkylation sites (tertiary alicyclic amines) is 1. The number of esters is 1. The van der Waals surface area contributed by atoms with Crippen molar-refractivity contribution >= 4 is 16.9 Å². The molecule has 1 aliphatic heterocycles.